The van der Waals surface area contributed by atoms with Crippen LogP contribution in [0, 0.1) is 0 Å². The number of hydrogen-bond donors (Lipinski definition) is 0. The highest BCUT2D eigenvalue weighted by molar-refractivity contribution is 7.53. The van der Waals surface area contributed by atoms with Gasteiger partial charge in [0.25, 0.3) is 0 Å². The number of fused-ring (bicyclic) bond motifs is 6. The number of aromatic nitrogens is 4. The van der Waals surface area contributed by atoms with Crippen LogP contribution >= 0.6 is 16.7 Å². The van der Waals surface area contributed by atoms with Gasteiger partial charge in [-0.2, -0.15) is 0 Å². The van der Waals surface area contributed by atoms with E-state index >= 15 is 0 Å². The zero-order valence-electron chi connectivity index (χ0n) is 45.8. The molecule has 380 valence electrons. The van der Waals surface area contributed by atoms with Crippen molar-refractivity contribution >= 4 is 16.7 Å². The molecule has 0 amide bonds. The third-order valence-electron chi connectivity index (χ3n) is 15.5. The fraction of sp³-hybridized carbons (Fsp3) is 0.375. The van der Waals surface area contributed by atoms with E-state index in [0.717, 1.165) is 59.8 Å². The summed E-state index contributed by atoms with van der Waals surface area (Å²) in [5.74, 6) is 3.60. The van der Waals surface area contributed by atoms with E-state index < -0.39 is 8.45 Å². The van der Waals surface area contributed by atoms with E-state index in [2.05, 4.69) is 241 Å². The Bertz CT molecular complexity index is 3180. The molecule has 11 rings (SSSR count). The first-order valence-corrected chi connectivity index (χ1v) is 29.6. The molecule has 4 aromatic heterocycles. The Balaban J connectivity index is 0.000000220. The first-order valence-electron chi connectivity index (χ1n) is 26.8. The fourth-order valence-electron chi connectivity index (χ4n) is 11.4. The van der Waals surface area contributed by atoms with Crippen LogP contribution in [0.15, 0.2) is 133 Å². The molecule has 0 fully saturated rings. The average Bonchev–Trinajstić information content (AvgIpc) is 4.20. The second-order valence-electron chi connectivity index (χ2n) is 22.5. The van der Waals surface area contributed by atoms with Gasteiger partial charge in [-0.15, -0.1) is 0 Å². The van der Waals surface area contributed by atoms with Crippen molar-refractivity contribution in [1.29, 1.82) is 0 Å². The van der Waals surface area contributed by atoms with E-state index in [1.807, 2.05) is 6.92 Å². The molecule has 4 aromatic carbocycles. The van der Waals surface area contributed by atoms with Crippen molar-refractivity contribution in [3.8, 4) is 23.0 Å². The van der Waals surface area contributed by atoms with Crippen LogP contribution in [-0.2, 0) is 41.9 Å². The minimum Gasteiger partial charge on any atom is -0.490 e. The predicted octanol–water partition coefficient (Wildman–Crippen LogP) is 17.3. The first kappa shape index (κ1) is 50.8. The van der Waals surface area contributed by atoms with Gasteiger partial charge < -0.3 is 22.7 Å². The van der Waals surface area contributed by atoms with Crippen molar-refractivity contribution in [2.24, 2.45) is 0 Å². The third kappa shape index (κ3) is 8.71. The zero-order chi connectivity index (χ0) is 51.7. The van der Waals surface area contributed by atoms with Gasteiger partial charge in [0.05, 0.1) is 18.4 Å². The van der Waals surface area contributed by atoms with Gasteiger partial charge in [0.1, 0.15) is 8.22 Å². The molecule has 0 radical (unpaired) electrons. The van der Waals surface area contributed by atoms with E-state index in [0.29, 0.717) is 12.5 Å². The van der Waals surface area contributed by atoms with Crippen LogP contribution in [0.1, 0.15) is 181 Å². The van der Waals surface area contributed by atoms with Gasteiger partial charge in [0.15, 0.2) is 23.0 Å². The van der Waals surface area contributed by atoms with Gasteiger partial charge in [-0.05, 0) is 133 Å². The molecule has 9 heteroatoms. The predicted molar refractivity (Wildman–Crippen MR) is 306 cm³/mol. The maximum atomic E-state index is 7.54. The first-order chi connectivity index (χ1) is 34.9. The largest absolute Gasteiger partial charge is 0.490 e. The Labute approximate surface area is 438 Å². The summed E-state index contributed by atoms with van der Waals surface area (Å²) in [6.07, 6.45) is 4.00. The van der Waals surface area contributed by atoms with Crippen molar-refractivity contribution in [2.45, 2.75) is 144 Å². The highest BCUT2D eigenvalue weighted by Gasteiger charge is 2.43. The van der Waals surface area contributed by atoms with Gasteiger partial charge in [-0.3, -0.25) is 8.68 Å². The van der Waals surface area contributed by atoms with Crippen LogP contribution in [0.2, 0.25) is 0 Å². The molecule has 0 saturated carbocycles. The molecule has 0 N–H and O–H groups in total. The molecule has 73 heavy (non-hydrogen) atoms. The summed E-state index contributed by atoms with van der Waals surface area (Å²) in [4.78, 5) is 0. The van der Waals surface area contributed by atoms with Crippen molar-refractivity contribution in [3.05, 3.63) is 212 Å². The lowest BCUT2D eigenvalue weighted by Crippen LogP contribution is -2.28. The number of rotatable bonds is 10. The van der Waals surface area contributed by atoms with Gasteiger partial charge >= 0.3 is 8.45 Å². The van der Waals surface area contributed by atoms with E-state index in [9.17, 15) is 0 Å². The van der Waals surface area contributed by atoms with E-state index in [1.54, 1.807) is 0 Å². The number of ether oxygens (including phenoxy) is 2. The average molecular weight is 1010 g/mol. The molecule has 0 saturated heterocycles. The highest BCUT2D eigenvalue weighted by Crippen LogP contribution is 2.61. The maximum absolute atomic E-state index is 7.54. The summed E-state index contributed by atoms with van der Waals surface area (Å²) in [6.45, 7) is 32.2. The Hall–Kier alpha value is -5.74. The summed E-state index contributed by atoms with van der Waals surface area (Å²) in [6, 6.07) is 49.5. The number of hydrogen-bond acceptors (Lipinski definition) is 3. The summed E-state index contributed by atoms with van der Waals surface area (Å²) < 4.78 is 31.2. The summed E-state index contributed by atoms with van der Waals surface area (Å²) in [5.41, 5.74) is 17.8. The SMILES string of the molecule is CCOc1cc(C(C)(C)C)cc2c1Oc1c(OP3n4c(CC)ccc4C(c4ccccc4)c4ccc(CC)n43)cc(C(C)(C)C)cc1C2(C)C.CCc1ccc2n1P(C)n1c(CC)ccc1C2c1ccccc1. The van der Waals surface area contributed by atoms with Crippen LogP contribution in [-0.4, -0.2) is 30.6 Å². The zero-order valence-corrected chi connectivity index (χ0v) is 47.6. The summed E-state index contributed by atoms with van der Waals surface area (Å²) >= 11 is 0. The smallest absolute Gasteiger partial charge is 0.318 e. The molecule has 0 bridgehead atoms. The minimum atomic E-state index is -1.35. The Morgan fingerprint density at radius 3 is 1.25 bits per heavy atom. The Morgan fingerprint density at radius 1 is 0.493 bits per heavy atom. The second-order valence-corrected chi connectivity index (χ2v) is 25.8. The van der Waals surface area contributed by atoms with Crippen molar-refractivity contribution in [1.82, 2.24) is 17.4 Å². The standard InChI is InChI=1S/C44H53N2O3P.C20H23N2P/c1-12-31-20-22-35-39(28-18-16-15-17-19-28)36-23-21-32(13-2)46(36)50(45(31)35)49-38-27-30(43(7,8)9)25-34-41(38)48-40-33(44(34,10)11)24-29(42(4,5)6)26-37(40)47-14-3;1-4-16-11-13-18-20(15-9-7-6-8-10-15)19-14-12-17(5-2)22(19)23(3)21(16)18/h15-27,39H,12-14H2,1-11H3;6-14,20H,4-5H2,1-3H3. The van der Waals surface area contributed by atoms with Crippen LogP contribution < -0.4 is 14.0 Å². The number of benzene rings is 4. The quantitative estimate of drug-likeness (QED) is 0.128. The number of nitrogens with zero attached hydrogens (tertiary/aromatic N) is 4. The van der Waals surface area contributed by atoms with E-state index in [-0.39, 0.29) is 30.4 Å². The molecule has 0 atom stereocenters. The topological polar surface area (TPSA) is 47.4 Å². The molecule has 7 heterocycles. The van der Waals surface area contributed by atoms with E-state index in [1.165, 1.54) is 67.8 Å². The normalized spacial score (nSPS) is 18.2. The minimum absolute atomic E-state index is 0.0448. The Kier molecular flexibility index (Phi) is 13.6. The second kappa shape index (κ2) is 19.5. The van der Waals surface area contributed by atoms with Crippen LogP contribution in [0.5, 0.6) is 23.0 Å². The van der Waals surface area contributed by atoms with Gasteiger partial charge in [-0.1, -0.05) is 156 Å². The maximum Gasteiger partial charge on any atom is 0.318 e. The van der Waals surface area contributed by atoms with Crippen molar-refractivity contribution < 1.29 is 14.0 Å². The van der Waals surface area contributed by atoms with Crippen molar-refractivity contribution in [3.63, 3.8) is 0 Å². The summed E-state index contributed by atoms with van der Waals surface area (Å²) in [7, 11) is -1.74. The van der Waals surface area contributed by atoms with Crippen molar-refractivity contribution in [2.75, 3.05) is 13.3 Å². The van der Waals surface area contributed by atoms with Crippen LogP contribution in [0.25, 0.3) is 0 Å². The fourth-order valence-corrected chi connectivity index (χ4v) is 16.1. The van der Waals surface area contributed by atoms with Gasteiger partial charge in [-0.25, -0.2) is 0 Å². The molecule has 7 nitrogen and oxygen atoms in total. The molecule has 3 aliphatic heterocycles. The summed E-state index contributed by atoms with van der Waals surface area (Å²) in [5, 5.41) is 0. The monoisotopic (exact) mass is 1010 g/mol. The molecule has 0 spiro atoms. The molecular formula is C64H76N4O3P2. The molecule has 0 unspecified atom stereocenters. The lowest BCUT2D eigenvalue weighted by Gasteiger charge is -2.40. The Morgan fingerprint density at radius 2 is 0.863 bits per heavy atom. The van der Waals surface area contributed by atoms with Crippen LogP contribution in [0.4, 0.5) is 0 Å². The van der Waals surface area contributed by atoms with E-state index in [4.69, 9.17) is 14.0 Å². The highest BCUT2D eigenvalue weighted by atomic mass is 31.2. The van der Waals surface area contributed by atoms with Crippen LogP contribution in [0.3, 0.4) is 0 Å². The van der Waals surface area contributed by atoms with Gasteiger partial charge in [0, 0.05) is 62.1 Å². The lowest BCUT2D eigenvalue weighted by molar-refractivity contribution is 0.308. The molecular weight excluding hydrogens is 935 g/mol. The molecule has 8 aromatic rings. The molecule has 0 aliphatic carbocycles. The van der Waals surface area contributed by atoms with Gasteiger partial charge in [0.2, 0.25) is 0 Å². The lowest BCUT2D eigenvalue weighted by atomic mass is 9.72. The molecule has 3 aliphatic rings. The third-order valence-corrected chi connectivity index (χ3v) is 19.7. The number of aryl methyl sites for hydroxylation is 4.